The van der Waals surface area contributed by atoms with Gasteiger partial charge in [0.15, 0.2) is 15.6 Å². The summed E-state index contributed by atoms with van der Waals surface area (Å²) in [7, 11) is 5.66. The van der Waals surface area contributed by atoms with E-state index in [1.807, 2.05) is 33.2 Å². The van der Waals surface area contributed by atoms with E-state index < -0.39 is 0 Å². The smallest absolute Gasteiger partial charge is 0.295 e. The van der Waals surface area contributed by atoms with E-state index in [1.54, 1.807) is 24.1 Å². The zero-order valence-electron chi connectivity index (χ0n) is 15.8. The standard InChI is InChI=1S/C19H22BrN3O3S/c1-12-6-7-13(25-4)16-17(12)27-19(21-16)23(11-5-10-22(2)3)18(24)14-8-9-15(20)26-14/h6-9H,5,10-11H2,1-4H3. The van der Waals surface area contributed by atoms with Crippen LogP contribution < -0.4 is 9.64 Å². The molecule has 8 heteroatoms. The maximum atomic E-state index is 13.1. The number of rotatable bonds is 7. The Morgan fingerprint density at radius 3 is 2.67 bits per heavy atom. The SMILES string of the molecule is COc1ccc(C)c2sc(N(CCCN(C)C)C(=O)c3ccc(Br)o3)nc12. The van der Waals surface area contributed by atoms with Crippen LogP contribution in [0, 0.1) is 6.92 Å². The van der Waals surface area contributed by atoms with Gasteiger partial charge in [-0.2, -0.15) is 0 Å². The minimum absolute atomic E-state index is 0.199. The Kier molecular flexibility index (Phi) is 6.18. The second kappa shape index (κ2) is 8.41. The molecule has 3 aromatic rings. The first-order valence-electron chi connectivity index (χ1n) is 8.56. The van der Waals surface area contributed by atoms with E-state index in [2.05, 4.69) is 20.8 Å². The van der Waals surface area contributed by atoms with Gasteiger partial charge in [-0.3, -0.25) is 9.69 Å². The van der Waals surface area contributed by atoms with E-state index in [0.29, 0.717) is 22.1 Å². The van der Waals surface area contributed by atoms with Crippen LogP contribution >= 0.6 is 27.3 Å². The number of carbonyl (C=O) groups is 1. The third-order valence-electron chi connectivity index (χ3n) is 4.16. The van der Waals surface area contributed by atoms with Gasteiger partial charge in [-0.25, -0.2) is 4.98 Å². The summed E-state index contributed by atoms with van der Waals surface area (Å²) in [6.07, 6.45) is 0.826. The summed E-state index contributed by atoms with van der Waals surface area (Å²) in [6, 6.07) is 7.30. The summed E-state index contributed by atoms with van der Waals surface area (Å²) in [5, 5.41) is 0.647. The van der Waals surface area contributed by atoms with Crippen molar-refractivity contribution in [3.63, 3.8) is 0 Å². The van der Waals surface area contributed by atoms with E-state index in [0.717, 1.165) is 28.7 Å². The van der Waals surface area contributed by atoms with Crippen LogP contribution in [0.5, 0.6) is 5.75 Å². The molecule has 0 radical (unpaired) electrons. The average Bonchev–Trinajstić information content (AvgIpc) is 3.25. The minimum Gasteiger partial charge on any atom is -0.494 e. The van der Waals surface area contributed by atoms with E-state index in [1.165, 1.54) is 11.3 Å². The highest BCUT2D eigenvalue weighted by atomic mass is 79.9. The number of furan rings is 1. The molecule has 144 valence electrons. The lowest BCUT2D eigenvalue weighted by atomic mass is 10.2. The molecule has 1 aromatic carbocycles. The summed E-state index contributed by atoms with van der Waals surface area (Å²) in [6.45, 7) is 3.46. The van der Waals surface area contributed by atoms with Gasteiger partial charge in [-0.15, -0.1) is 0 Å². The summed E-state index contributed by atoms with van der Waals surface area (Å²) < 4.78 is 12.5. The fraction of sp³-hybridized carbons (Fsp3) is 0.368. The first-order chi connectivity index (χ1) is 12.9. The number of methoxy groups -OCH3 is 1. The molecule has 1 amide bonds. The van der Waals surface area contributed by atoms with Gasteiger partial charge in [0.05, 0.1) is 11.8 Å². The first kappa shape index (κ1) is 19.9. The Morgan fingerprint density at radius 2 is 2.04 bits per heavy atom. The molecule has 0 aliphatic heterocycles. The molecule has 0 unspecified atom stereocenters. The van der Waals surface area contributed by atoms with Crippen molar-refractivity contribution in [2.75, 3.05) is 39.2 Å². The number of anilines is 1. The molecule has 2 heterocycles. The number of carbonyl (C=O) groups excluding carboxylic acids is 1. The maximum Gasteiger partial charge on any atom is 0.295 e. The number of aryl methyl sites for hydroxylation is 1. The Labute approximate surface area is 170 Å². The van der Waals surface area contributed by atoms with Crippen molar-refractivity contribution in [1.82, 2.24) is 9.88 Å². The van der Waals surface area contributed by atoms with Crippen LogP contribution in [0.15, 0.2) is 33.4 Å². The number of halogens is 1. The van der Waals surface area contributed by atoms with Crippen LogP contribution in [0.25, 0.3) is 10.2 Å². The van der Waals surface area contributed by atoms with Gasteiger partial charge in [0.25, 0.3) is 5.91 Å². The van der Waals surface area contributed by atoms with E-state index >= 15 is 0 Å². The molecule has 0 saturated carbocycles. The van der Waals surface area contributed by atoms with Gasteiger partial charge in [0.2, 0.25) is 0 Å². The number of hydrogen-bond donors (Lipinski definition) is 0. The first-order valence-corrected chi connectivity index (χ1v) is 10.2. The second-order valence-corrected chi connectivity index (χ2v) is 8.24. The molecule has 0 aliphatic rings. The number of thiazole rings is 1. The average molecular weight is 452 g/mol. The predicted molar refractivity (Wildman–Crippen MR) is 112 cm³/mol. The fourth-order valence-electron chi connectivity index (χ4n) is 2.77. The monoisotopic (exact) mass is 451 g/mol. The lowest BCUT2D eigenvalue weighted by Gasteiger charge is -2.19. The normalized spacial score (nSPS) is 11.3. The number of aromatic nitrogens is 1. The van der Waals surface area contributed by atoms with Crippen LogP contribution in [-0.2, 0) is 0 Å². The van der Waals surface area contributed by atoms with Crippen molar-refractivity contribution in [2.45, 2.75) is 13.3 Å². The van der Waals surface area contributed by atoms with Gasteiger partial charge >= 0.3 is 0 Å². The zero-order valence-corrected chi connectivity index (χ0v) is 18.2. The predicted octanol–water partition coefficient (Wildman–Crippen LogP) is 4.57. The lowest BCUT2D eigenvalue weighted by Crippen LogP contribution is -2.33. The van der Waals surface area contributed by atoms with Crippen LogP contribution in [0.1, 0.15) is 22.5 Å². The minimum atomic E-state index is -0.199. The van der Waals surface area contributed by atoms with E-state index in [-0.39, 0.29) is 11.7 Å². The third-order valence-corrected chi connectivity index (χ3v) is 5.80. The quantitative estimate of drug-likeness (QED) is 0.526. The molecule has 6 nitrogen and oxygen atoms in total. The highest BCUT2D eigenvalue weighted by Gasteiger charge is 2.24. The second-order valence-electron chi connectivity index (χ2n) is 6.48. The molecule has 0 spiro atoms. The van der Waals surface area contributed by atoms with Crippen LogP contribution in [0.2, 0.25) is 0 Å². The van der Waals surface area contributed by atoms with Crippen molar-refractivity contribution in [3.05, 3.63) is 40.3 Å². The molecule has 2 aromatic heterocycles. The largest absolute Gasteiger partial charge is 0.494 e. The molecule has 27 heavy (non-hydrogen) atoms. The molecule has 0 N–H and O–H groups in total. The van der Waals surface area contributed by atoms with Gasteiger partial charge in [-0.1, -0.05) is 17.4 Å². The zero-order chi connectivity index (χ0) is 19.6. The molecule has 0 bridgehead atoms. The van der Waals surface area contributed by atoms with Crippen LogP contribution in [-0.4, -0.2) is 50.1 Å². The number of amides is 1. The van der Waals surface area contributed by atoms with E-state index in [4.69, 9.17) is 14.1 Å². The van der Waals surface area contributed by atoms with Crippen LogP contribution in [0.4, 0.5) is 5.13 Å². The molecule has 0 fully saturated rings. The number of benzene rings is 1. The highest BCUT2D eigenvalue weighted by Crippen LogP contribution is 2.37. The Balaban J connectivity index is 2.00. The molecule has 0 saturated heterocycles. The number of hydrogen-bond acceptors (Lipinski definition) is 6. The lowest BCUT2D eigenvalue weighted by molar-refractivity contribution is 0.0958. The van der Waals surface area contributed by atoms with Crippen molar-refractivity contribution in [1.29, 1.82) is 0 Å². The summed E-state index contributed by atoms with van der Waals surface area (Å²) in [5.41, 5.74) is 1.89. The molecule has 0 aliphatic carbocycles. The van der Waals surface area contributed by atoms with Crippen molar-refractivity contribution in [2.24, 2.45) is 0 Å². The van der Waals surface area contributed by atoms with Gasteiger partial charge in [0.1, 0.15) is 11.3 Å². The third kappa shape index (κ3) is 4.34. The molecular formula is C19H22BrN3O3S. The van der Waals surface area contributed by atoms with Crippen molar-refractivity contribution >= 4 is 48.5 Å². The Bertz CT molecular complexity index is 951. The highest BCUT2D eigenvalue weighted by molar-refractivity contribution is 9.10. The summed E-state index contributed by atoms with van der Waals surface area (Å²) in [5.74, 6) is 0.796. The fourth-order valence-corrected chi connectivity index (χ4v) is 4.15. The summed E-state index contributed by atoms with van der Waals surface area (Å²) in [4.78, 5) is 21.6. The van der Waals surface area contributed by atoms with Gasteiger partial charge in [0, 0.05) is 6.54 Å². The number of ether oxygens (including phenoxy) is 1. The molecule has 3 rings (SSSR count). The maximum absolute atomic E-state index is 13.1. The van der Waals surface area contributed by atoms with Gasteiger partial charge in [-0.05, 0) is 73.7 Å². The summed E-state index contributed by atoms with van der Waals surface area (Å²) >= 11 is 4.76. The van der Waals surface area contributed by atoms with Crippen molar-refractivity contribution < 1.29 is 13.9 Å². The van der Waals surface area contributed by atoms with E-state index in [9.17, 15) is 4.79 Å². The topological polar surface area (TPSA) is 58.8 Å². The van der Waals surface area contributed by atoms with Crippen LogP contribution in [0.3, 0.4) is 0 Å². The van der Waals surface area contributed by atoms with Gasteiger partial charge < -0.3 is 14.1 Å². The number of fused-ring (bicyclic) bond motifs is 1. The molecule has 0 atom stereocenters. The molecular weight excluding hydrogens is 430 g/mol. The Morgan fingerprint density at radius 1 is 1.26 bits per heavy atom. The van der Waals surface area contributed by atoms with Crippen molar-refractivity contribution in [3.8, 4) is 5.75 Å². The Hall–Kier alpha value is -1.90. The number of nitrogens with zero attached hydrogens (tertiary/aromatic N) is 3.